The molecule has 0 aliphatic rings. The van der Waals surface area contributed by atoms with Crippen molar-refractivity contribution in [1.82, 2.24) is 9.36 Å². The van der Waals surface area contributed by atoms with Crippen LogP contribution in [0.1, 0.15) is 39.4 Å². The second-order valence-corrected chi connectivity index (χ2v) is 5.18. The summed E-state index contributed by atoms with van der Waals surface area (Å²) < 4.78 is 4.37. The van der Waals surface area contributed by atoms with E-state index in [9.17, 15) is 0 Å². The molecule has 0 amide bonds. The summed E-state index contributed by atoms with van der Waals surface area (Å²) >= 11 is 7.23. The quantitative estimate of drug-likeness (QED) is 0.705. The van der Waals surface area contributed by atoms with Gasteiger partial charge in [-0.3, -0.25) is 0 Å². The summed E-state index contributed by atoms with van der Waals surface area (Å²) in [5.74, 6) is 1.67. The summed E-state index contributed by atoms with van der Waals surface area (Å²) in [5, 5.41) is 1.03. The van der Waals surface area contributed by atoms with Crippen LogP contribution < -0.4 is 4.90 Å². The maximum absolute atomic E-state index is 5.73. The third-order valence-electron chi connectivity index (χ3n) is 2.33. The highest BCUT2D eigenvalue weighted by Crippen LogP contribution is 2.20. The first-order valence-electron chi connectivity index (χ1n) is 5.84. The molecule has 0 spiro atoms. The van der Waals surface area contributed by atoms with E-state index in [-0.39, 0.29) is 0 Å². The summed E-state index contributed by atoms with van der Waals surface area (Å²) in [7, 11) is 0. The molecule has 0 saturated carbocycles. The van der Waals surface area contributed by atoms with Crippen LogP contribution in [0.2, 0.25) is 0 Å². The van der Waals surface area contributed by atoms with Gasteiger partial charge in [0.15, 0.2) is 0 Å². The number of aryl methyl sites for hydroxylation is 1. The lowest BCUT2D eigenvalue weighted by molar-refractivity contribution is 0.668. The van der Waals surface area contributed by atoms with E-state index in [1.54, 1.807) is 0 Å². The number of aromatic nitrogens is 2. The van der Waals surface area contributed by atoms with Gasteiger partial charge in [-0.1, -0.05) is 6.92 Å². The fourth-order valence-corrected chi connectivity index (χ4v) is 2.48. The molecule has 0 aromatic carbocycles. The SMILES string of the molecule is CCCc1nsc(N(CCCCl)C(C)C)n1. The maximum Gasteiger partial charge on any atom is 0.205 e. The van der Waals surface area contributed by atoms with Gasteiger partial charge in [0.1, 0.15) is 5.82 Å². The van der Waals surface area contributed by atoms with Gasteiger partial charge in [-0.2, -0.15) is 4.37 Å². The average Bonchev–Trinajstić information content (AvgIpc) is 2.67. The van der Waals surface area contributed by atoms with Crippen LogP contribution in [0.15, 0.2) is 0 Å². The van der Waals surface area contributed by atoms with Crippen LogP contribution in [-0.2, 0) is 6.42 Å². The van der Waals surface area contributed by atoms with Crippen molar-refractivity contribution >= 4 is 28.3 Å². The Balaban J connectivity index is 2.68. The minimum absolute atomic E-state index is 0.450. The molecule has 1 aromatic rings. The molecule has 5 heteroatoms. The van der Waals surface area contributed by atoms with E-state index in [1.807, 2.05) is 0 Å². The number of nitrogens with zero attached hydrogens (tertiary/aromatic N) is 3. The van der Waals surface area contributed by atoms with E-state index >= 15 is 0 Å². The fraction of sp³-hybridized carbons (Fsp3) is 0.818. The Morgan fingerprint density at radius 1 is 1.44 bits per heavy atom. The van der Waals surface area contributed by atoms with E-state index in [2.05, 4.69) is 35.0 Å². The molecule has 0 radical (unpaired) electrons. The van der Waals surface area contributed by atoms with Crippen LogP contribution in [0.4, 0.5) is 5.13 Å². The number of hydrogen-bond acceptors (Lipinski definition) is 4. The van der Waals surface area contributed by atoms with Gasteiger partial charge < -0.3 is 4.90 Å². The van der Waals surface area contributed by atoms with Gasteiger partial charge in [-0.15, -0.1) is 11.6 Å². The number of rotatable bonds is 7. The fourth-order valence-electron chi connectivity index (χ4n) is 1.49. The highest BCUT2D eigenvalue weighted by Gasteiger charge is 2.14. The standard InChI is InChI=1S/C11H20ClN3S/c1-4-6-10-13-11(16-14-10)15(9(2)3)8-5-7-12/h9H,4-8H2,1-3H3. The van der Waals surface area contributed by atoms with Crippen molar-refractivity contribution in [2.24, 2.45) is 0 Å². The number of hydrogen-bond donors (Lipinski definition) is 0. The van der Waals surface area contributed by atoms with E-state index in [0.29, 0.717) is 11.9 Å². The average molecular weight is 262 g/mol. The lowest BCUT2D eigenvalue weighted by Crippen LogP contribution is -2.31. The Morgan fingerprint density at radius 3 is 2.75 bits per heavy atom. The van der Waals surface area contributed by atoms with Gasteiger partial charge >= 0.3 is 0 Å². The first kappa shape index (κ1) is 13.7. The summed E-state index contributed by atoms with van der Waals surface area (Å²) in [5.41, 5.74) is 0. The van der Waals surface area contributed by atoms with E-state index in [4.69, 9.17) is 11.6 Å². The molecule has 0 saturated heterocycles. The Bertz CT molecular complexity index is 301. The minimum atomic E-state index is 0.450. The molecular weight excluding hydrogens is 242 g/mol. The van der Waals surface area contributed by atoms with Gasteiger partial charge in [0.25, 0.3) is 0 Å². The number of anilines is 1. The largest absolute Gasteiger partial charge is 0.344 e. The molecule has 0 unspecified atom stereocenters. The molecule has 1 rings (SSSR count). The van der Waals surface area contributed by atoms with Crippen molar-refractivity contribution in [2.75, 3.05) is 17.3 Å². The lowest BCUT2D eigenvalue weighted by atomic mass is 10.3. The molecule has 92 valence electrons. The van der Waals surface area contributed by atoms with Crippen LogP contribution in [0.5, 0.6) is 0 Å². The third kappa shape index (κ3) is 3.91. The van der Waals surface area contributed by atoms with Crippen molar-refractivity contribution in [3.63, 3.8) is 0 Å². The summed E-state index contributed by atoms with van der Waals surface area (Å²) in [6.45, 7) is 7.46. The van der Waals surface area contributed by atoms with Crippen molar-refractivity contribution in [2.45, 2.75) is 46.1 Å². The summed E-state index contributed by atoms with van der Waals surface area (Å²) in [4.78, 5) is 6.84. The van der Waals surface area contributed by atoms with Crippen LogP contribution in [-0.4, -0.2) is 27.8 Å². The van der Waals surface area contributed by atoms with Crippen molar-refractivity contribution in [1.29, 1.82) is 0 Å². The van der Waals surface area contributed by atoms with Crippen LogP contribution >= 0.6 is 23.1 Å². The van der Waals surface area contributed by atoms with Gasteiger partial charge in [0, 0.05) is 36.4 Å². The van der Waals surface area contributed by atoms with Crippen molar-refractivity contribution in [3.8, 4) is 0 Å². The topological polar surface area (TPSA) is 29.0 Å². The van der Waals surface area contributed by atoms with Crippen LogP contribution in [0.25, 0.3) is 0 Å². The van der Waals surface area contributed by atoms with Gasteiger partial charge in [-0.25, -0.2) is 4.98 Å². The molecule has 0 aliphatic carbocycles. The molecule has 0 bridgehead atoms. The van der Waals surface area contributed by atoms with Gasteiger partial charge in [0.2, 0.25) is 5.13 Å². The molecule has 1 aromatic heterocycles. The first-order chi connectivity index (χ1) is 7.69. The van der Waals surface area contributed by atoms with E-state index in [0.717, 1.165) is 36.8 Å². The highest BCUT2D eigenvalue weighted by atomic mass is 35.5. The zero-order chi connectivity index (χ0) is 12.0. The van der Waals surface area contributed by atoms with Crippen molar-refractivity contribution in [3.05, 3.63) is 5.82 Å². The number of halogens is 1. The van der Waals surface area contributed by atoms with Gasteiger partial charge in [0.05, 0.1) is 0 Å². The van der Waals surface area contributed by atoms with Crippen LogP contribution in [0.3, 0.4) is 0 Å². The molecule has 0 atom stereocenters. The molecule has 0 N–H and O–H groups in total. The molecule has 3 nitrogen and oxygen atoms in total. The van der Waals surface area contributed by atoms with E-state index < -0.39 is 0 Å². The Kier molecular flexibility index (Phi) is 6.06. The Labute approximate surface area is 107 Å². The normalized spacial score (nSPS) is 11.1. The second kappa shape index (κ2) is 7.07. The molecular formula is C11H20ClN3S. The predicted molar refractivity (Wildman–Crippen MR) is 71.7 cm³/mol. The van der Waals surface area contributed by atoms with Crippen LogP contribution in [0, 0.1) is 0 Å². The van der Waals surface area contributed by atoms with Gasteiger partial charge in [-0.05, 0) is 26.7 Å². The lowest BCUT2D eigenvalue weighted by Gasteiger charge is -2.25. The number of alkyl halides is 1. The smallest absolute Gasteiger partial charge is 0.205 e. The molecule has 0 fully saturated rings. The molecule has 16 heavy (non-hydrogen) atoms. The zero-order valence-electron chi connectivity index (χ0n) is 10.2. The Morgan fingerprint density at radius 2 is 2.19 bits per heavy atom. The summed E-state index contributed by atoms with van der Waals surface area (Å²) in [6, 6.07) is 0.450. The highest BCUT2D eigenvalue weighted by molar-refractivity contribution is 7.09. The monoisotopic (exact) mass is 261 g/mol. The maximum atomic E-state index is 5.73. The van der Waals surface area contributed by atoms with Crippen molar-refractivity contribution < 1.29 is 0 Å². The molecule has 0 aliphatic heterocycles. The first-order valence-corrected chi connectivity index (χ1v) is 7.15. The predicted octanol–water partition coefficient (Wildman–Crippen LogP) is 3.33. The molecule has 1 heterocycles. The summed E-state index contributed by atoms with van der Waals surface area (Å²) in [6.07, 6.45) is 3.06. The minimum Gasteiger partial charge on any atom is -0.344 e. The van der Waals surface area contributed by atoms with E-state index in [1.165, 1.54) is 11.5 Å². The second-order valence-electron chi connectivity index (χ2n) is 4.07. The zero-order valence-corrected chi connectivity index (χ0v) is 11.8. The third-order valence-corrected chi connectivity index (χ3v) is 3.39. The Hall–Kier alpha value is -0.350.